The van der Waals surface area contributed by atoms with Crippen molar-refractivity contribution in [1.82, 2.24) is 10.2 Å². The number of nitrogens with one attached hydrogen (secondary N) is 1. The molecule has 3 fully saturated rings. The molecule has 29 heavy (non-hydrogen) atoms. The topological polar surface area (TPSA) is 58.6 Å². The number of hydrogen-bond acceptors (Lipinski definition) is 3. The maximum Gasteiger partial charge on any atom is 0.407 e. The molecule has 0 aromatic heterocycles. The normalized spacial score (nSPS) is 30.0. The number of ether oxygens (including phenoxy) is 1. The van der Waals surface area contributed by atoms with Crippen molar-refractivity contribution < 1.29 is 14.3 Å². The molecule has 1 atom stereocenters. The fourth-order valence-electron chi connectivity index (χ4n) is 5.71. The Bertz CT molecular complexity index is 774. The molecule has 1 aromatic carbocycles. The Labute approximate surface area is 174 Å². The summed E-state index contributed by atoms with van der Waals surface area (Å²) in [7, 11) is 1.37. The van der Waals surface area contributed by atoms with Crippen LogP contribution in [0.5, 0.6) is 0 Å². The third-order valence-electron chi connectivity index (χ3n) is 7.47. The number of amides is 2. The standard InChI is InChI=1S/C24H34N2O3/c1-16(2)17-5-7-18(8-6-17)19-9-10-24(13-19)14-26(15-24)21(27)20-11-23(3,12-20)25-22(28)29-4/h5-8,16,19-20H,9-15H2,1-4H3,(H,25,28). The smallest absolute Gasteiger partial charge is 0.407 e. The summed E-state index contributed by atoms with van der Waals surface area (Å²) in [5.41, 5.74) is 2.88. The van der Waals surface area contributed by atoms with Crippen LogP contribution >= 0.6 is 0 Å². The van der Waals surface area contributed by atoms with Crippen molar-refractivity contribution in [3.63, 3.8) is 0 Å². The number of rotatable bonds is 4. The van der Waals surface area contributed by atoms with E-state index in [1.807, 2.05) is 11.8 Å². The van der Waals surface area contributed by atoms with E-state index < -0.39 is 6.09 Å². The van der Waals surface area contributed by atoms with Crippen molar-refractivity contribution in [2.24, 2.45) is 11.3 Å². The van der Waals surface area contributed by atoms with Gasteiger partial charge in [-0.2, -0.15) is 0 Å². The van der Waals surface area contributed by atoms with Gasteiger partial charge in [-0.05, 0) is 62.0 Å². The summed E-state index contributed by atoms with van der Waals surface area (Å²) in [5, 5.41) is 2.85. The minimum Gasteiger partial charge on any atom is -0.453 e. The van der Waals surface area contributed by atoms with Crippen molar-refractivity contribution in [3.8, 4) is 0 Å². The number of alkyl carbamates (subject to hydrolysis) is 1. The molecular weight excluding hydrogens is 364 g/mol. The molecule has 1 unspecified atom stereocenters. The number of carbonyl (C=O) groups is 2. The lowest BCUT2D eigenvalue weighted by Gasteiger charge is -2.53. The van der Waals surface area contributed by atoms with Crippen LogP contribution in [0.15, 0.2) is 24.3 Å². The molecule has 1 N–H and O–H groups in total. The maximum atomic E-state index is 12.8. The summed E-state index contributed by atoms with van der Waals surface area (Å²) in [6, 6.07) is 9.17. The molecule has 158 valence electrons. The minimum absolute atomic E-state index is 0.0373. The van der Waals surface area contributed by atoms with Gasteiger partial charge in [0.2, 0.25) is 5.91 Å². The van der Waals surface area contributed by atoms with Gasteiger partial charge in [-0.1, -0.05) is 38.1 Å². The lowest BCUT2D eigenvalue weighted by molar-refractivity contribution is -0.153. The van der Waals surface area contributed by atoms with Crippen molar-refractivity contribution >= 4 is 12.0 Å². The van der Waals surface area contributed by atoms with Crippen LogP contribution in [0.1, 0.15) is 75.8 Å². The predicted octanol–water partition coefficient (Wildman–Crippen LogP) is 4.43. The molecule has 1 heterocycles. The van der Waals surface area contributed by atoms with Gasteiger partial charge in [-0.25, -0.2) is 4.79 Å². The minimum atomic E-state index is -0.417. The van der Waals surface area contributed by atoms with E-state index in [4.69, 9.17) is 0 Å². The van der Waals surface area contributed by atoms with E-state index >= 15 is 0 Å². The summed E-state index contributed by atoms with van der Waals surface area (Å²) >= 11 is 0. The fraction of sp³-hybridized carbons (Fsp3) is 0.667. The quantitative estimate of drug-likeness (QED) is 0.816. The van der Waals surface area contributed by atoms with E-state index in [1.54, 1.807) is 0 Å². The second kappa shape index (κ2) is 7.33. The molecule has 1 spiro atoms. The molecular formula is C24H34N2O3. The number of hydrogen-bond donors (Lipinski definition) is 1. The average Bonchev–Trinajstić information content (AvgIpc) is 3.10. The highest BCUT2D eigenvalue weighted by atomic mass is 16.5. The number of likely N-dealkylation sites (tertiary alicyclic amines) is 1. The molecule has 1 aromatic rings. The molecule has 4 rings (SSSR count). The zero-order valence-corrected chi connectivity index (χ0v) is 18.2. The van der Waals surface area contributed by atoms with Crippen LogP contribution in [0.25, 0.3) is 0 Å². The van der Waals surface area contributed by atoms with E-state index in [0.717, 1.165) is 13.1 Å². The number of methoxy groups -OCH3 is 1. The van der Waals surface area contributed by atoms with Gasteiger partial charge in [0.25, 0.3) is 0 Å². The van der Waals surface area contributed by atoms with Gasteiger partial charge >= 0.3 is 6.09 Å². The SMILES string of the molecule is COC(=O)NC1(C)CC(C(=O)N2CC3(CCC(c4ccc(C(C)C)cc4)C3)C2)C1. The second-order valence-electron chi connectivity index (χ2n) is 10.2. The lowest BCUT2D eigenvalue weighted by Crippen LogP contribution is -2.63. The molecule has 0 radical (unpaired) electrons. The van der Waals surface area contributed by atoms with Crippen LogP contribution in [0.2, 0.25) is 0 Å². The molecule has 5 heteroatoms. The van der Waals surface area contributed by atoms with Gasteiger partial charge in [0, 0.05) is 30.0 Å². The first-order valence-corrected chi connectivity index (χ1v) is 11.0. The van der Waals surface area contributed by atoms with Crippen LogP contribution in [0, 0.1) is 11.3 Å². The summed E-state index contributed by atoms with van der Waals surface area (Å²) in [4.78, 5) is 26.3. The zero-order chi connectivity index (χ0) is 20.8. The van der Waals surface area contributed by atoms with Crippen LogP contribution in [-0.2, 0) is 9.53 Å². The molecule has 2 saturated carbocycles. The average molecular weight is 399 g/mol. The second-order valence-corrected chi connectivity index (χ2v) is 10.2. The van der Waals surface area contributed by atoms with E-state index in [1.165, 1.54) is 37.5 Å². The Morgan fingerprint density at radius 3 is 2.38 bits per heavy atom. The van der Waals surface area contributed by atoms with Gasteiger partial charge in [0.15, 0.2) is 0 Å². The van der Waals surface area contributed by atoms with Crippen LogP contribution < -0.4 is 5.32 Å². The highest BCUT2D eigenvalue weighted by molar-refractivity contribution is 5.81. The fourth-order valence-corrected chi connectivity index (χ4v) is 5.71. The maximum absolute atomic E-state index is 12.8. The molecule has 0 bridgehead atoms. The Morgan fingerprint density at radius 2 is 1.79 bits per heavy atom. The number of benzene rings is 1. The van der Waals surface area contributed by atoms with Gasteiger partial charge in [0.05, 0.1) is 7.11 Å². The van der Waals surface area contributed by atoms with Gasteiger partial charge in [-0.15, -0.1) is 0 Å². The van der Waals surface area contributed by atoms with Crippen molar-refractivity contribution in [1.29, 1.82) is 0 Å². The Hall–Kier alpha value is -2.04. The summed E-state index contributed by atoms with van der Waals surface area (Å²) in [6.07, 6.45) is 4.64. The number of carbonyl (C=O) groups excluding carboxylic acids is 2. The van der Waals surface area contributed by atoms with E-state index in [0.29, 0.717) is 30.1 Å². The monoisotopic (exact) mass is 398 g/mol. The van der Waals surface area contributed by atoms with E-state index in [9.17, 15) is 9.59 Å². The van der Waals surface area contributed by atoms with Crippen LogP contribution in [0.4, 0.5) is 4.79 Å². The summed E-state index contributed by atoms with van der Waals surface area (Å²) in [6.45, 7) is 8.26. The van der Waals surface area contributed by atoms with E-state index in [2.05, 4.69) is 48.2 Å². The molecule has 5 nitrogen and oxygen atoms in total. The first kappa shape index (κ1) is 20.2. The molecule has 2 aliphatic carbocycles. The lowest BCUT2D eigenvalue weighted by atomic mass is 9.67. The molecule has 1 saturated heterocycles. The third-order valence-corrected chi connectivity index (χ3v) is 7.47. The molecule has 3 aliphatic rings. The van der Waals surface area contributed by atoms with Gasteiger partial charge < -0.3 is 15.0 Å². The van der Waals surface area contributed by atoms with Crippen molar-refractivity contribution in [3.05, 3.63) is 35.4 Å². The van der Waals surface area contributed by atoms with E-state index in [-0.39, 0.29) is 17.4 Å². The highest BCUT2D eigenvalue weighted by Gasteiger charge is 2.53. The first-order chi connectivity index (χ1) is 13.7. The highest BCUT2D eigenvalue weighted by Crippen LogP contribution is 2.52. The third kappa shape index (κ3) is 3.88. The van der Waals surface area contributed by atoms with Gasteiger partial charge in [0.1, 0.15) is 0 Å². The predicted molar refractivity (Wildman–Crippen MR) is 113 cm³/mol. The summed E-state index contributed by atoms with van der Waals surface area (Å²) < 4.78 is 4.68. The van der Waals surface area contributed by atoms with Gasteiger partial charge in [-0.3, -0.25) is 4.79 Å². The Kier molecular flexibility index (Phi) is 5.12. The van der Waals surface area contributed by atoms with Crippen molar-refractivity contribution in [2.45, 2.75) is 70.3 Å². The summed E-state index contributed by atoms with van der Waals surface area (Å²) in [5.74, 6) is 1.51. The Morgan fingerprint density at radius 1 is 1.14 bits per heavy atom. The largest absolute Gasteiger partial charge is 0.453 e. The Balaban J connectivity index is 1.27. The first-order valence-electron chi connectivity index (χ1n) is 11.0. The van der Waals surface area contributed by atoms with Crippen LogP contribution in [0.3, 0.4) is 0 Å². The number of nitrogens with zero attached hydrogens (tertiary/aromatic N) is 1. The zero-order valence-electron chi connectivity index (χ0n) is 18.2. The van der Waals surface area contributed by atoms with Crippen molar-refractivity contribution in [2.75, 3.05) is 20.2 Å². The molecule has 2 amide bonds. The van der Waals surface area contributed by atoms with Crippen LogP contribution in [-0.4, -0.2) is 42.6 Å². The molecule has 1 aliphatic heterocycles.